The highest BCUT2D eigenvalue weighted by Gasteiger charge is 2.14. The van der Waals surface area contributed by atoms with E-state index in [1.165, 1.54) is 0 Å². The number of azo groups is 1. The van der Waals surface area contributed by atoms with Crippen LogP contribution in [0.1, 0.15) is 10.4 Å². The zero-order valence-corrected chi connectivity index (χ0v) is 18.8. The third-order valence-corrected chi connectivity index (χ3v) is 5.52. The van der Waals surface area contributed by atoms with Gasteiger partial charge in [0.2, 0.25) is 0 Å². The van der Waals surface area contributed by atoms with Crippen molar-refractivity contribution in [2.75, 3.05) is 5.32 Å². The number of fused-ring (bicyclic) bond motifs is 1. The highest BCUT2D eigenvalue weighted by atomic mass is 35.5. The molecule has 0 aliphatic rings. The van der Waals surface area contributed by atoms with E-state index in [-0.39, 0.29) is 5.91 Å². The monoisotopic (exact) mass is 462 g/mol. The molecule has 0 aliphatic carbocycles. The van der Waals surface area contributed by atoms with E-state index in [9.17, 15) is 4.79 Å². The molecule has 1 N–H and O–H groups in total. The van der Waals surface area contributed by atoms with E-state index in [2.05, 4.69) is 15.5 Å². The molecule has 1 heterocycles. The number of hydrogen-bond acceptors (Lipinski definition) is 4. The van der Waals surface area contributed by atoms with Gasteiger partial charge in [0, 0.05) is 21.7 Å². The van der Waals surface area contributed by atoms with E-state index >= 15 is 0 Å². The van der Waals surface area contributed by atoms with E-state index in [4.69, 9.17) is 16.6 Å². The maximum atomic E-state index is 13.3. The summed E-state index contributed by atoms with van der Waals surface area (Å²) in [6.45, 7) is 0. The van der Waals surface area contributed by atoms with Crippen LogP contribution in [0, 0.1) is 0 Å². The Kier molecular flexibility index (Phi) is 6.10. The summed E-state index contributed by atoms with van der Waals surface area (Å²) >= 11 is 6.03. The van der Waals surface area contributed by atoms with Crippen molar-refractivity contribution < 1.29 is 4.79 Å². The van der Waals surface area contributed by atoms with Crippen molar-refractivity contribution in [2.24, 2.45) is 10.2 Å². The van der Waals surface area contributed by atoms with Gasteiger partial charge in [-0.1, -0.05) is 60.1 Å². The maximum absolute atomic E-state index is 13.3. The summed E-state index contributed by atoms with van der Waals surface area (Å²) in [5, 5.41) is 12.9. The number of carbonyl (C=O) groups excluding carboxylic acids is 1. The second kappa shape index (κ2) is 9.65. The van der Waals surface area contributed by atoms with Crippen molar-refractivity contribution in [2.45, 2.75) is 0 Å². The van der Waals surface area contributed by atoms with Crippen molar-refractivity contribution in [3.8, 4) is 11.3 Å². The molecule has 1 aromatic heterocycles. The van der Waals surface area contributed by atoms with Crippen LogP contribution in [0.2, 0.25) is 5.02 Å². The van der Waals surface area contributed by atoms with Crippen molar-refractivity contribution in [1.82, 2.24) is 4.98 Å². The average molecular weight is 463 g/mol. The summed E-state index contributed by atoms with van der Waals surface area (Å²) < 4.78 is 0. The zero-order chi connectivity index (χ0) is 23.3. The molecule has 0 radical (unpaired) electrons. The number of benzene rings is 4. The summed E-state index contributed by atoms with van der Waals surface area (Å²) in [4.78, 5) is 18.0. The molecular formula is C28H19ClN4O. The number of anilines is 1. The van der Waals surface area contributed by atoms with Crippen molar-refractivity contribution >= 4 is 45.5 Å². The van der Waals surface area contributed by atoms with E-state index in [0.717, 1.165) is 22.2 Å². The van der Waals surface area contributed by atoms with Crippen LogP contribution in [0.25, 0.3) is 22.2 Å². The molecule has 1 amide bonds. The summed E-state index contributed by atoms with van der Waals surface area (Å²) in [6, 6.07) is 33.6. The number of aromatic nitrogens is 1. The lowest BCUT2D eigenvalue weighted by Crippen LogP contribution is -2.13. The normalized spacial score (nSPS) is 11.1. The predicted molar refractivity (Wildman–Crippen MR) is 137 cm³/mol. The van der Waals surface area contributed by atoms with Gasteiger partial charge in [0.1, 0.15) is 0 Å². The zero-order valence-electron chi connectivity index (χ0n) is 18.0. The van der Waals surface area contributed by atoms with Crippen LogP contribution in [0.4, 0.5) is 17.1 Å². The van der Waals surface area contributed by atoms with E-state index in [1.54, 1.807) is 12.1 Å². The first-order valence-corrected chi connectivity index (χ1v) is 11.1. The van der Waals surface area contributed by atoms with Crippen LogP contribution < -0.4 is 5.32 Å². The first kappa shape index (κ1) is 21.5. The molecule has 5 nitrogen and oxygen atoms in total. The number of nitrogens with zero attached hydrogens (tertiary/aromatic N) is 3. The number of amides is 1. The fraction of sp³-hybridized carbons (Fsp3) is 0. The van der Waals surface area contributed by atoms with E-state index < -0.39 is 0 Å². The van der Waals surface area contributed by atoms with Gasteiger partial charge in [-0.3, -0.25) is 4.79 Å². The third kappa shape index (κ3) is 4.85. The third-order valence-electron chi connectivity index (χ3n) is 5.26. The van der Waals surface area contributed by atoms with Crippen molar-refractivity contribution in [3.05, 3.63) is 120 Å². The largest absolute Gasteiger partial charge is 0.322 e. The Balaban J connectivity index is 1.41. The van der Waals surface area contributed by atoms with Crippen LogP contribution in [0.15, 0.2) is 119 Å². The molecule has 5 rings (SSSR count). The minimum absolute atomic E-state index is 0.215. The Hall–Kier alpha value is -4.35. The van der Waals surface area contributed by atoms with Gasteiger partial charge >= 0.3 is 0 Å². The van der Waals surface area contributed by atoms with Gasteiger partial charge in [-0.15, -0.1) is 0 Å². The Labute approximate surface area is 201 Å². The topological polar surface area (TPSA) is 66.7 Å². The Morgan fingerprint density at radius 2 is 1.38 bits per heavy atom. The molecule has 0 aliphatic heterocycles. The molecule has 5 aromatic rings. The van der Waals surface area contributed by atoms with Crippen LogP contribution in [-0.2, 0) is 0 Å². The molecule has 164 valence electrons. The minimum atomic E-state index is -0.215. The lowest BCUT2D eigenvalue weighted by Gasteiger charge is -2.11. The van der Waals surface area contributed by atoms with Gasteiger partial charge < -0.3 is 5.32 Å². The molecule has 0 bridgehead atoms. The fourth-order valence-electron chi connectivity index (χ4n) is 3.55. The minimum Gasteiger partial charge on any atom is -0.322 e. The SMILES string of the molecule is O=C(Nc1ccc(N=Nc2ccccc2)cc1)c1cc(-c2ccc(Cl)cc2)nc2ccccc12. The predicted octanol–water partition coefficient (Wildman–Crippen LogP) is 8.22. The lowest BCUT2D eigenvalue weighted by molar-refractivity contribution is 0.102. The number of hydrogen-bond donors (Lipinski definition) is 1. The molecule has 0 spiro atoms. The molecule has 0 saturated carbocycles. The molecule has 0 saturated heterocycles. The lowest BCUT2D eigenvalue weighted by atomic mass is 10.0. The van der Waals surface area contributed by atoms with Gasteiger partial charge in [0.05, 0.1) is 28.1 Å². The Morgan fingerprint density at radius 3 is 2.12 bits per heavy atom. The number of rotatable bonds is 5. The smallest absolute Gasteiger partial charge is 0.256 e. The highest BCUT2D eigenvalue weighted by Crippen LogP contribution is 2.27. The first-order valence-electron chi connectivity index (χ1n) is 10.7. The van der Waals surface area contributed by atoms with E-state index in [0.29, 0.717) is 27.7 Å². The second-order valence-electron chi connectivity index (χ2n) is 7.62. The second-order valence-corrected chi connectivity index (χ2v) is 8.05. The van der Waals surface area contributed by atoms with Crippen LogP contribution in [0.5, 0.6) is 0 Å². The van der Waals surface area contributed by atoms with Gasteiger partial charge in [0.15, 0.2) is 0 Å². The molecule has 0 atom stereocenters. The molecule has 34 heavy (non-hydrogen) atoms. The molecule has 6 heteroatoms. The van der Waals surface area contributed by atoms with Gasteiger partial charge in [-0.25, -0.2) is 4.98 Å². The highest BCUT2D eigenvalue weighted by molar-refractivity contribution is 6.30. The fourth-order valence-corrected chi connectivity index (χ4v) is 3.68. The standard InChI is InChI=1S/C28H19ClN4O/c29-20-12-10-19(11-13-20)27-18-25(24-8-4-5-9-26(24)31-27)28(34)30-21-14-16-23(17-15-21)33-32-22-6-2-1-3-7-22/h1-18H,(H,30,34). The summed E-state index contributed by atoms with van der Waals surface area (Å²) in [6.07, 6.45) is 0. The Bertz CT molecular complexity index is 1480. The molecule has 0 fully saturated rings. The van der Waals surface area contributed by atoms with Crippen molar-refractivity contribution in [1.29, 1.82) is 0 Å². The number of nitrogens with one attached hydrogen (secondary N) is 1. The number of pyridine rings is 1. The summed E-state index contributed by atoms with van der Waals surface area (Å²) in [5.41, 5.74) is 5.02. The number of para-hydroxylation sites is 1. The average Bonchev–Trinajstić information content (AvgIpc) is 2.88. The van der Waals surface area contributed by atoms with Gasteiger partial charge in [-0.2, -0.15) is 10.2 Å². The van der Waals surface area contributed by atoms with Crippen LogP contribution in [-0.4, -0.2) is 10.9 Å². The maximum Gasteiger partial charge on any atom is 0.256 e. The Morgan fingerprint density at radius 1 is 0.735 bits per heavy atom. The quantitative estimate of drug-likeness (QED) is 0.267. The number of carbonyl (C=O) groups is 1. The van der Waals surface area contributed by atoms with Crippen molar-refractivity contribution in [3.63, 3.8) is 0 Å². The summed E-state index contributed by atoms with van der Waals surface area (Å²) in [5.74, 6) is -0.215. The molecule has 0 unspecified atom stereocenters. The van der Waals surface area contributed by atoms with Crippen LogP contribution in [0.3, 0.4) is 0 Å². The molecular weight excluding hydrogens is 444 g/mol. The van der Waals surface area contributed by atoms with Gasteiger partial charge in [-0.05, 0) is 60.7 Å². The van der Waals surface area contributed by atoms with Gasteiger partial charge in [0.25, 0.3) is 5.91 Å². The summed E-state index contributed by atoms with van der Waals surface area (Å²) in [7, 11) is 0. The number of halogens is 1. The first-order chi connectivity index (χ1) is 16.7. The van der Waals surface area contributed by atoms with E-state index in [1.807, 2.05) is 97.1 Å². The molecule has 4 aromatic carbocycles. The van der Waals surface area contributed by atoms with Crippen LogP contribution >= 0.6 is 11.6 Å².